The van der Waals surface area contributed by atoms with E-state index in [0.29, 0.717) is 0 Å². The van der Waals surface area contributed by atoms with Crippen LogP contribution in [0.15, 0.2) is 66.7 Å². The van der Waals surface area contributed by atoms with Crippen molar-refractivity contribution in [2.24, 2.45) is 0 Å². The zero-order valence-electron chi connectivity index (χ0n) is 43.0. The van der Waals surface area contributed by atoms with E-state index in [1.165, 1.54) is 116 Å². The third-order valence-corrected chi connectivity index (χ3v) is 19.1. The van der Waals surface area contributed by atoms with Crippen LogP contribution in [0, 0.1) is 0 Å². The van der Waals surface area contributed by atoms with E-state index in [-0.39, 0.29) is 50.0 Å². The predicted molar refractivity (Wildman–Crippen MR) is 282 cm³/mol. The van der Waals surface area contributed by atoms with Crippen LogP contribution in [0.3, 0.4) is 0 Å². The van der Waals surface area contributed by atoms with Crippen LogP contribution in [0.2, 0.25) is 0 Å². The first-order chi connectivity index (χ1) is 29.4. The molecule has 336 valence electrons. The van der Waals surface area contributed by atoms with Gasteiger partial charge in [-0.15, -0.1) is 0 Å². The molecule has 0 unspecified atom stereocenters. The zero-order valence-corrected chi connectivity index (χ0v) is 43.8. The van der Waals surface area contributed by atoms with Gasteiger partial charge in [-0.1, -0.05) is 149 Å². The second-order valence-corrected chi connectivity index (χ2v) is 28.1. The monoisotopic (exact) mass is 869 g/mol. The van der Waals surface area contributed by atoms with E-state index in [9.17, 15) is 0 Å². The number of benzene rings is 4. The molecule has 10 rings (SSSR count). The van der Waals surface area contributed by atoms with Gasteiger partial charge in [0.1, 0.15) is 0 Å². The Kier molecular flexibility index (Phi) is 9.27. The predicted octanol–water partition coefficient (Wildman–Crippen LogP) is 15.5. The van der Waals surface area contributed by atoms with Crippen molar-refractivity contribution in [1.29, 1.82) is 0 Å². The summed E-state index contributed by atoms with van der Waals surface area (Å²) < 4.78 is 1.53. The lowest BCUT2D eigenvalue weighted by atomic mass is 9.35. The summed E-state index contributed by atoms with van der Waals surface area (Å²) in [6, 6.07) is 28.0. The number of fused-ring (bicyclic) bond motifs is 8. The fourth-order valence-electron chi connectivity index (χ4n) is 12.6. The highest BCUT2D eigenvalue weighted by molar-refractivity contribution is 7.29. The largest absolute Gasteiger partial charge is 0.311 e. The van der Waals surface area contributed by atoms with E-state index < -0.39 is 0 Å². The molecule has 0 spiro atoms. The Morgan fingerprint density at radius 1 is 0.453 bits per heavy atom. The van der Waals surface area contributed by atoms with E-state index in [1.54, 1.807) is 16.0 Å². The highest BCUT2D eigenvalue weighted by Gasteiger charge is 2.52. The maximum Gasteiger partial charge on any atom is 0.264 e. The average Bonchev–Trinajstić information content (AvgIpc) is 3.62. The average molecular weight is 869 g/mol. The highest BCUT2D eigenvalue weighted by atomic mass is 32.1. The number of anilines is 6. The topological polar surface area (TPSA) is 6.48 Å². The minimum absolute atomic E-state index is 0.0373. The maximum atomic E-state index is 2.76. The fraction of sp³-hybridized carbons (Fsp3) is 0.533. The maximum absolute atomic E-state index is 2.76. The van der Waals surface area contributed by atoms with E-state index >= 15 is 0 Å². The van der Waals surface area contributed by atoms with E-state index in [4.69, 9.17) is 0 Å². The Morgan fingerprint density at radius 3 is 1.48 bits per heavy atom. The first-order valence-corrected chi connectivity index (χ1v) is 25.7. The second-order valence-electron chi connectivity index (χ2n) is 27.1. The summed E-state index contributed by atoms with van der Waals surface area (Å²) in [6.07, 6.45) is 7.20. The molecule has 0 saturated heterocycles. The molecule has 3 heterocycles. The summed E-state index contributed by atoms with van der Waals surface area (Å²) in [5, 5.41) is 0. The van der Waals surface area contributed by atoms with Crippen molar-refractivity contribution in [3.05, 3.63) is 111 Å². The van der Waals surface area contributed by atoms with Crippen LogP contribution in [0.4, 0.5) is 34.1 Å². The first kappa shape index (κ1) is 44.1. The lowest BCUT2D eigenvalue weighted by Crippen LogP contribution is -2.61. The molecular weight excluding hydrogens is 792 g/mol. The molecule has 0 saturated carbocycles. The van der Waals surface area contributed by atoms with E-state index in [1.807, 2.05) is 0 Å². The minimum atomic E-state index is -0.0753. The molecule has 3 aliphatic carbocycles. The van der Waals surface area contributed by atoms with Crippen LogP contribution in [0.5, 0.6) is 0 Å². The standard InChI is InChI=1S/C60H77BN2S/c1-53(2,3)36-19-21-38(22-20-36)63-47-32-37(54(4,5)6)31-46-49(47)61(52-50(63)48-51(64-52)60(17,18)30-29-59(48,15)16)44-34-42-43(58(13,14)28-27-57(42,11)12)35-45(44)62(46)39-23-24-40-41(33-39)56(9,10)26-25-55(40,7)8/h19-24,31-35H,25-30H2,1-18H3. The smallest absolute Gasteiger partial charge is 0.264 e. The molecule has 0 atom stereocenters. The van der Waals surface area contributed by atoms with Crippen molar-refractivity contribution in [3.8, 4) is 0 Å². The molecule has 0 amide bonds. The molecule has 0 N–H and O–H groups in total. The second kappa shape index (κ2) is 13.4. The summed E-state index contributed by atoms with van der Waals surface area (Å²) in [5.41, 5.74) is 22.1. The van der Waals surface area contributed by atoms with Crippen molar-refractivity contribution in [1.82, 2.24) is 0 Å². The van der Waals surface area contributed by atoms with Gasteiger partial charge < -0.3 is 9.80 Å². The highest BCUT2D eigenvalue weighted by Crippen LogP contribution is 2.58. The molecule has 4 aromatic carbocycles. The molecule has 4 heteroatoms. The van der Waals surface area contributed by atoms with Gasteiger partial charge in [-0.2, -0.15) is 11.3 Å². The van der Waals surface area contributed by atoms with Crippen molar-refractivity contribution < 1.29 is 0 Å². The molecule has 2 aliphatic heterocycles. The van der Waals surface area contributed by atoms with E-state index in [2.05, 4.69) is 212 Å². The third-order valence-electron chi connectivity index (χ3n) is 17.5. The van der Waals surface area contributed by atoms with Crippen LogP contribution < -0.4 is 25.5 Å². The Labute approximate surface area is 392 Å². The number of hydrogen-bond acceptors (Lipinski definition) is 3. The van der Waals surface area contributed by atoms with Crippen LogP contribution in [0.25, 0.3) is 0 Å². The van der Waals surface area contributed by atoms with Gasteiger partial charge in [0.15, 0.2) is 0 Å². The third kappa shape index (κ3) is 6.43. The molecule has 1 aromatic heterocycles. The van der Waals surface area contributed by atoms with Gasteiger partial charge in [-0.05, 0) is 174 Å². The van der Waals surface area contributed by atoms with Gasteiger partial charge in [0.25, 0.3) is 6.71 Å². The van der Waals surface area contributed by atoms with Gasteiger partial charge >= 0.3 is 0 Å². The van der Waals surface area contributed by atoms with Gasteiger partial charge in [0.05, 0.1) is 5.69 Å². The van der Waals surface area contributed by atoms with Gasteiger partial charge in [0.2, 0.25) is 0 Å². The van der Waals surface area contributed by atoms with Crippen molar-refractivity contribution >= 4 is 67.9 Å². The normalized spacial score (nSPS) is 21.6. The van der Waals surface area contributed by atoms with Crippen molar-refractivity contribution in [2.45, 2.75) is 206 Å². The molecular formula is C60H77BN2S. The van der Waals surface area contributed by atoms with Crippen molar-refractivity contribution in [2.75, 3.05) is 9.80 Å². The molecule has 2 nitrogen and oxygen atoms in total. The Morgan fingerprint density at radius 2 is 0.922 bits per heavy atom. The SMILES string of the molecule is CC(C)(C)c1ccc(N2c3cc(C(C)(C)C)cc4c3B(c3cc5c(cc3N4c3ccc4c(c3)C(C)(C)CCC4(C)C)C(C)(C)CCC5(C)C)c3sc4c(c32)C(C)(C)CCC4(C)C)cc1. The molecule has 0 bridgehead atoms. The Balaban J connectivity index is 1.37. The molecule has 0 fully saturated rings. The summed E-state index contributed by atoms with van der Waals surface area (Å²) in [7, 11) is 0. The lowest BCUT2D eigenvalue weighted by molar-refractivity contribution is 0.332. The van der Waals surface area contributed by atoms with Crippen LogP contribution in [-0.4, -0.2) is 6.71 Å². The lowest BCUT2D eigenvalue weighted by Gasteiger charge is -2.48. The van der Waals surface area contributed by atoms with Gasteiger partial charge in [-0.3, -0.25) is 0 Å². The summed E-state index contributed by atoms with van der Waals surface area (Å²) in [6.45, 7) is 44.4. The summed E-state index contributed by atoms with van der Waals surface area (Å²) in [4.78, 5) is 7.11. The van der Waals surface area contributed by atoms with Crippen molar-refractivity contribution in [3.63, 3.8) is 0 Å². The number of hydrogen-bond donors (Lipinski definition) is 0. The number of thiophene rings is 1. The zero-order chi connectivity index (χ0) is 46.3. The summed E-state index contributed by atoms with van der Waals surface area (Å²) >= 11 is 2.16. The summed E-state index contributed by atoms with van der Waals surface area (Å²) in [5.74, 6) is 0. The van der Waals surface area contributed by atoms with Crippen LogP contribution in [0.1, 0.15) is 207 Å². The molecule has 0 radical (unpaired) electrons. The van der Waals surface area contributed by atoms with Gasteiger partial charge in [-0.25, -0.2) is 0 Å². The first-order valence-electron chi connectivity index (χ1n) is 24.9. The Bertz CT molecular complexity index is 2760. The molecule has 5 aromatic rings. The van der Waals surface area contributed by atoms with Crippen LogP contribution in [-0.2, 0) is 43.3 Å². The minimum Gasteiger partial charge on any atom is -0.311 e. The molecule has 64 heavy (non-hydrogen) atoms. The number of nitrogens with zero attached hydrogens (tertiary/aromatic N) is 2. The van der Waals surface area contributed by atoms with Crippen LogP contribution >= 0.6 is 11.3 Å². The van der Waals surface area contributed by atoms with E-state index in [0.717, 1.165) is 0 Å². The Hall–Kier alpha value is -3.76. The number of rotatable bonds is 2. The fourth-order valence-corrected chi connectivity index (χ4v) is 14.4. The molecule has 5 aliphatic rings. The van der Waals surface area contributed by atoms with Gasteiger partial charge in [0, 0.05) is 38.1 Å². The quantitative estimate of drug-likeness (QED) is 0.160.